The Morgan fingerprint density at radius 3 is 2.22 bits per heavy atom. The van der Waals surface area contributed by atoms with Crippen LogP contribution in [-0.4, -0.2) is 13.7 Å². The molecule has 3 rings (SSSR count). The SMILES string of the molecule is N#CC1(C#N)C(c2cccc(Cl)c2)C1S(=O)(=O)c1ccccc1. The van der Waals surface area contributed by atoms with Crippen molar-refractivity contribution < 1.29 is 8.42 Å². The number of rotatable bonds is 3. The number of benzene rings is 2. The highest BCUT2D eigenvalue weighted by atomic mass is 35.5. The van der Waals surface area contributed by atoms with Crippen molar-refractivity contribution in [3.05, 3.63) is 65.2 Å². The predicted molar refractivity (Wildman–Crippen MR) is 85.3 cm³/mol. The third-order valence-corrected chi connectivity index (χ3v) is 6.59. The highest BCUT2D eigenvalue weighted by Crippen LogP contribution is 2.63. The molecular weight excluding hydrogens is 332 g/mol. The van der Waals surface area contributed by atoms with Gasteiger partial charge in [0, 0.05) is 10.9 Å². The standard InChI is InChI=1S/C17H11ClN2O2S/c18-13-6-4-5-12(9-13)15-16(17(15,10-19)11-20)23(21,22)14-7-2-1-3-8-14/h1-9,15-16H. The van der Waals surface area contributed by atoms with Crippen molar-refractivity contribution in [1.82, 2.24) is 0 Å². The summed E-state index contributed by atoms with van der Waals surface area (Å²) in [6, 6.07) is 18.4. The number of hydrogen-bond acceptors (Lipinski definition) is 4. The normalized spacial score (nSPS) is 21.9. The third-order valence-electron chi connectivity index (χ3n) is 4.12. The zero-order valence-electron chi connectivity index (χ0n) is 11.8. The van der Waals surface area contributed by atoms with E-state index in [1.807, 2.05) is 12.1 Å². The zero-order chi connectivity index (χ0) is 16.7. The number of hydrogen-bond donors (Lipinski definition) is 0. The first-order valence-electron chi connectivity index (χ1n) is 6.84. The Morgan fingerprint density at radius 1 is 1.00 bits per heavy atom. The second-order valence-corrected chi connectivity index (χ2v) is 7.91. The molecule has 2 aromatic carbocycles. The second kappa shape index (κ2) is 5.38. The van der Waals surface area contributed by atoms with Crippen LogP contribution in [0.2, 0.25) is 5.02 Å². The van der Waals surface area contributed by atoms with Crippen molar-refractivity contribution in [2.24, 2.45) is 5.41 Å². The third kappa shape index (κ3) is 2.30. The van der Waals surface area contributed by atoms with Gasteiger partial charge in [-0.05, 0) is 29.8 Å². The summed E-state index contributed by atoms with van der Waals surface area (Å²) in [5, 5.41) is 18.3. The molecule has 0 amide bonds. The molecule has 0 N–H and O–H groups in total. The molecule has 1 aliphatic rings. The van der Waals surface area contributed by atoms with Gasteiger partial charge in [-0.2, -0.15) is 10.5 Å². The van der Waals surface area contributed by atoms with Crippen LogP contribution in [-0.2, 0) is 9.84 Å². The molecular formula is C17H11ClN2O2S. The molecule has 23 heavy (non-hydrogen) atoms. The quantitative estimate of drug-likeness (QED) is 0.856. The van der Waals surface area contributed by atoms with Gasteiger partial charge in [-0.25, -0.2) is 8.42 Å². The lowest BCUT2D eigenvalue weighted by molar-refractivity contribution is 0.591. The molecule has 6 heteroatoms. The molecule has 0 heterocycles. The minimum Gasteiger partial charge on any atom is -0.223 e. The van der Waals surface area contributed by atoms with Gasteiger partial charge in [0.05, 0.1) is 17.0 Å². The predicted octanol–water partition coefficient (Wildman–Crippen LogP) is 3.31. The Morgan fingerprint density at radius 2 is 1.65 bits per heavy atom. The van der Waals surface area contributed by atoms with Crippen LogP contribution in [0.5, 0.6) is 0 Å². The summed E-state index contributed by atoms with van der Waals surface area (Å²) in [6.45, 7) is 0. The second-order valence-electron chi connectivity index (χ2n) is 5.40. The number of halogens is 1. The maximum atomic E-state index is 12.9. The number of sulfone groups is 1. The van der Waals surface area contributed by atoms with E-state index in [0.717, 1.165) is 0 Å². The Hall–Kier alpha value is -2.34. The van der Waals surface area contributed by atoms with Gasteiger partial charge in [0.15, 0.2) is 15.3 Å². The largest absolute Gasteiger partial charge is 0.223 e. The molecule has 0 aliphatic heterocycles. The molecule has 1 saturated carbocycles. The fourth-order valence-electron chi connectivity index (χ4n) is 2.97. The van der Waals surface area contributed by atoms with E-state index in [1.165, 1.54) is 12.1 Å². The average molecular weight is 343 g/mol. The summed E-state index contributed by atoms with van der Waals surface area (Å²) in [5.41, 5.74) is -0.996. The molecule has 2 atom stereocenters. The Bertz CT molecular complexity index is 929. The average Bonchev–Trinajstić information content (AvgIpc) is 3.26. The van der Waals surface area contributed by atoms with Crippen molar-refractivity contribution in [2.75, 3.05) is 0 Å². The van der Waals surface area contributed by atoms with Gasteiger partial charge >= 0.3 is 0 Å². The van der Waals surface area contributed by atoms with E-state index in [9.17, 15) is 18.9 Å². The molecule has 0 bridgehead atoms. The Labute approximate surface area is 139 Å². The van der Waals surface area contributed by atoms with Crippen LogP contribution in [0.15, 0.2) is 59.5 Å². The molecule has 114 valence electrons. The fourth-order valence-corrected chi connectivity index (χ4v) is 5.39. The maximum absolute atomic E-state index is 12.9. The van der Waals surface area contributed by atoms with Crippen LogP contribution in [0.25, 0.3) is 0 Å². The van der Waals surface area contributed by atoms with Gasteiger partial charge in [-0.1, -0.05) is 41.9 Å². The van der Waals surface area contributed by atoms with E-state index in [2.05, 4.69) is 0 Å². The highest BCUT2D eigenvalue weighted by molar-refractivity contribution is 7.92. The number of nitrogens with zero attached hydrogens (tertiary/aromatic N) is 2. The summed E-state index contributed by atoms with van der Waals surface area (Å²) in [5.74, 6) is -0.707. The van der Waals surface area contributed by atoms with Crippen LogP contribution in [0.1, 0.15) is 11.5 Å². The van der Waals surface area contributed by atoms with E-state index in [0.29, 0.717) is 10.6 Å². The lowest BCUT2D eigenvalue weighted by atomic mass is 10.0. The van der Waals surface area contributed by atoms with Gasteiger partial charge in [0.25, 0.3) is 0 Å². The van der Waals surface area contributed by atoms with Crippen LogP contribution in [0.4, 0.5) is 0 Å². The van der Waals surface area contributed by atoms with Crippen LogP contribution < -0.4 is 0 Å². The minimum atomic E-state index is -3.80. The van der Waals surface area contributed by atoms with Crippen molar-refractivity contribution in [3.8, 4) is 12.1 Å². The van der Waals surface area contributed by atoms with E-state index >= 15 is 0 Å². The van der Waals surface area contributed by atoms with Gasteiger partial charge in [0.1, 0.15) is 5.25 Å². The molecule has 2 aromatic rings. The first-order valence-corrected chi connectivity index (χ1v) is 8.77. The fraction of sp³-hybridized carbons (Fsp3) is 0.176. The molecule has 0 saturated heterocycles. The smallest absolute Gasteiger partial charge is 0.184 e. The molecule has 0 aromatic heterocycles. The molecule has 1 fully saturated rings. The van der Waals surface area contributed by atoms with Crippen molar-refractivity contribution in [3.63, 3.8) is 0 Å². The van der Waals surface area contributed by atoms with Gasteiger partial charge in [0.2, 0.25) is 0 Å². The summed E-state index contributed by atoms with van der Waals surface area (Å²) in [7, 11) is -3.80. The van der Waals surface area contributed by atoms with Gasteiger partial charge in [-0.3, -0.25) is 0 Å². The van der Waals surface area contributed by atoms with Crippen LogP contribution in [0, 0.1) is 28.1 Å². The van der Waals surface area contributed by atoms with E-state index in [4.69, 9.17) is 11.6 Å². The van der Waals surface area contributed by atoms with Crippen molar-refractivity contribution >= 4 is 21.4 Å². The lowest BCUT2D eigenvalue weighted by Crippen LogP contribution is -2.14. The maximum Gasteiger partial charge on any atom is 0.184 e. The summed E-state index contributed by atoms with van der Waals surface area (Å²) in [6.07, 6.45) is 0. The molecule has 2 unspecified atom stereocenters. The molecule has 0 radical (unpaired) electrons. The van der Waals surface area contributed by atoms with E-state index < -0.39 is 26.4 Å². The summed E-state index contributed by atoms with van der Waals surface area (Å²) < 4.78 is 25.7. The van der Waals surface area contributed by atoms with E-state index in [1.54, 1.807) is 42.5 Å². The molecule has 1 aliphatic carbocycles. The van der Waals surface area contributed by atoms with Gasteiger partial charge in [-0.15, -0.1) is 0 Å². The highest BCUT2D eigenvalue weighted by Gasteiger charge is 2.73. The first kappa shape index (κ1) is 15.6. The van der Waals surface area contributed by atoms with Crippen molar-refractivity contribution in [2.45, 2.75) is 16.1 Å². The Kier molecular flexibility index (Phi) is 3.64. The summed E-state index contributed by atoms with van der Waals surface area (Å²) in [4.78, 5) is 0.115. The molecule has 0 spiro atoms. The van der Waals surface area contributed by atoms with Crippen LogP contribution >= 0.6 is 11.6 Å². The van der Waals surface area contributed by atoms with Crippen LogP contribution in [0.3, 0.4) is 0 Å². The van der Waals surface area contributed by atoms with Crippen molar-refractivity contribution in [1.29, 1.82) is 10.5 Å². The van der Waals surface area contributed by atoms with E-state index in [-0.39, 0.29) is 4.90 Å². The molecule has 4 nitrogen and oxygen atoms in total. The summed E-state index contributed by atoms with van der Waals surface area (Å²) >= 11 is 5.96. The lowest BCUT2D eigenvalue weighted by Gasteiger charge is -2.03. The monoisotopic (exact) mass is 342 g/mol. The topological polar surface area (TPSA) is 81.7 Å². The zero-order valence-corrected chi connectivity index (χ0v) is 13.4. The van der Waals surface area contributed by atoms with Gasteiger partial charge < -0.3 is 0 Å². The minimum absolute atomic E-state index is 0.115. The number of nitriles is 2. The first-order chi connectivity index (χ1) is 11.0. The Balaban J connectivity index is 2.12.